The van der Waals surface area contributed by atoms with E-state index in [0.717, 1.165) is 6.54 Å². The van der Waals surface area contributed by atoms with E-state index >= 15 is 0 Å². The van der Waals surface area contributed by atoms with Crippen LogP contribution in [0.5, 0.6) is 0 Å². The monoisotopic (exact) mass is 241 g/mol. The lowest BCUT2D eigenvalue weighted by Gasteiger charge is -2.12. The third kappa shape index (κ3) is 2.89. The summed E-state index contributed by atoms with van der Waals surface area (Å²) in [4.78, 5) is 2.12. The van der Waals surface area contributed by atoms with Gasteiger partial charge in [-0.15, -0.1) is 0 Å². The van der Waals surface area contributed by atoms with Crippen molar-refractivity contribution < 1.29 is 4.57 Å². The zero-order chi connectivity index (χ0) is 13.0. The number of aryl methyl sites for hydroxylation is 1. The van der Waals surface area contributed by atoms with Crippen LogP contribution in [0, 0.1) is 0 Å². The summed E-state index contributed by atoms with van der Waals surface area (Å²) in [6.07, 6.45) is 5.47. The van der Waals surface area contributed by atoms with Gasteiger partial charge in [0.15, 0.2) is 12.4 Å². The molecule has 0 unspecified atom stereocenters. The number of aromatic nitrogens is 1. The van der Waals surface area contributed by atoms with Gasteiger partial charge in [0.1, 0.15) is 6.54 Å². The molecule has 1 aromatic heterocycles. The normalized spacial score (nSPS) is 10.4. The van der Waals surface area contributed by atoms with Crippen LogP contribution in [0.3, 0.4) is 0 Å². The molecular formula is C16H21N2+. The van der Waals surface area contributed by atoms with Crippen LogP contribution in [-0.4, -0.2) is 14.1 Å². The van der Waals surface area contributed by atoms with E-state index in [4.69, 9.17) is 0 Å². The summed E-state index contributed by atoms with van der Waals surface area (Å²) in [5.41, 5.74) is 3.77. The van der Waals surface area contributed by atoms with Crippen LogP contribution in [0.15, 0.2) is 48.8 Å². The molecule has 94 valence electrons. The van der Waals surface area contributed by atoms with Crippen LogP contribution in [0.4, 0.5) is 5.69 Å². The number of anilines is 1. The van der Waals surface area contributed by atoms with E-state index in [2.05, 4.69) is 79.3 Å². The van der Waals surface area contributed by atoms with Crippen molar-refractivity contribution in [2.75, 3.05) is 19.0 Å². The minimum Gasteiger partial charge on any atom is -0.378 e. The Morgan fingerprint density at radius 1 is 0.889 bits per heavy atom. The summed E-state index contributed by atoms with van der Waals surface area (Å²) in [6, 6.07) is 13.0. The molecule has 1 aromatic carbocycles. The highest BCUT2D eigenvalue weighted by Crippen LogP contribution is 2.21. The van der Waals surface area contributed by atoms with E-state index in [1.54, 1.807) is 0 Å². The van der Waals surface area contributed by atoms with Crippen LogP contribution in [0.2, 0.25) is 0 Å². The molecule has 18 heavy (non-hydrogen) atoms. The smallest absolute Gasteiger partial charge is 0.169 e. The molecule has 2 rings (SSSR count). The SMILES string of the molecule is CCC[n+]1ccc(-c2ccc(N(C)C)cc2)cc1. The quantitative estimate of drug-likeness (QED) is 0.746. The minimum absolute atomic E-state index is 1.08. The van der Waals surface area contributed by atoms with Gasteiger partial charge in [-0.3, -0.25) is 0 Å². The summed E-state index contributed by atoms with van der Waals surface area (Å²) < 4.78 is 2.22. The van der Waals surface area contributed by atoms with Crippen LogP contribution in [0.25, 0.3) is 11.1 Å². The minimum atomic E-state index is 1.08. The lowest BCUT2D eigenvalue weighted by atomic mass is 10.1. The van der Waals surface area contributed by atoms with Crippen molar-refractivity contribution in [1.82, 2.24) is 0 Å². The maximum Gasteiger partial charge on any atom is 0.169 e. The van der Waals surface area contributed by atoms with E-state index in [1.165, 1.54) is 23.2 Å². The molecule has 0 aliphatic carbocycles. The molecule has 0 spiro atoms. The molecule has 2 heteroatoms. The van der Waals surface area contributed by atoms with Gasteiger partial charge < -0.3 is 4.90 Å². The predicted octanol–water partition coefficient (Wildman–Crippen LogP) is 3.12. The van der Waals surface area contributed by atoms with Crippen LogP contribution in [0.1, 0.15) is 13.3 Å². The van der Waals surface area contributed by atoms with Gasteiger partial charge in [0, 0.05) is 38.3 Å². The average molecular weight is 241 g/mol. The number of pyridine rings is 1. The number of rotatable bonds is 4. The Labute approximate surface area is 110 Å². The Hall–Kier alpha value is -1.83. The number of nitrogens with zero attached hydrogens (tertiary/aromatic N) is 2. The summed E-state index contributed by atoms with van der Waals surface area (Å²) in [5, 5.41) is 0. The Bertz CT molecular complexity index is 484. The highest BCUT2D eigenvalue weighted by Gasteiger charge is 2.02. The zero-order valence-electron chi connectivity index (χ0n) is 11.4. The Kier molecular flexibility index (Phi) is 3.98. The van der Waals surface area contributed by atoms with Crippen LogP contribution >= 0.6 is 0 Å². The molecule has 0 saturated heterocycles. The first-order valence-corrected chi connectivity index (χ1v) is 6.47. The third-order valence-corrected chi connectivity index (χ3v) is 3.09. The first kappa shape index (κ1) is 12.6. The van der Waals surface area contributed by atoms with Crippen molar-refractivity contribution in [1.29, 1.82) is 0 Å². The molecule has 2 nitrogen and oxygen atoms in total. The molecule has 0 aliphatic rings. The molecule has 1 heterocycles. The Morgan fingerprint density at radius 3 is 1.94 bits per heavy atom. The van der Waals surface area contributed by atoms with Crippen molar-refractivity contribution in [2.45, 2.75) is 19.9 Å². The second-order valence-electron chi connectivity index (χ2n) is 4.77. The number of hydrogen-bond donors (Lipinski definition) is 0. The highest BCUT2D eigenvalue weighted by atomic mass is 15.1. The van der Waals surface area contributed by atoms with Gasteiger partial charge in [-0.2, -0.15) is 0 Å². The van der Waals surface area contributed by atoms with Crippen molar-refractivity contribution in [3.05, 3.63) is 48.8 Å². The van der Waals surface area contributed by atoms with E-state index in [-0.39, 0.29) is 0 Å². The molecule has 0 aliphatic heterocycles. The summed E-state index contributed by atoms with van der Waals surface area (Å²) in [5.74, 6) is 0. The maximum absolute atomic E-state index is 2.22. The third-order valence-electron chi connectivity index (χ3n) is 3.09. The second-order valence-corrected chi connectivity index (χ2v) is 4.77. The molecule has 0 fully saturated rings. The Morgan fingerprint density at radius 2 is 1.44 bits per heavy atom. The van der Waals surface area contributed by atoms with E-state index in [1.807, 2.05) is 0 Å². The zero-order valence-corrected chi connectivity index (χ0v) is 11.4. The maximum atomic E-state index is 2.22. The Balaban J connectivity index is 2.20. The van der Waals surface area contributed by atoms with Gasteiger partial charge in [0.05, 0.1) is 0 Å². The largest absolute Gasteiger partial charge is 0.378 e. The first-order valence-electron chi connectivity index (χ1n) is 6.47. The number of benzene rings is 1. The van der Waals surface area contributed by atoms with Crippen molar-refractivity contribution in [2.24, 2.45) is 0 Å². The molecule has 0 radical (unpaired) electrons. The summed E-state index contributed by atoms with van der Waals surface area (Å²) >= 11 is 0. The lowest BCUT2D eigenvalue weighted by molar-refractivity contribution is -0.696. The number of hydrogen-bond acceptors (Lipinski definition) is 1. The van der Waals surface area contributed by atoms with Gasteiger partial charge in [0.25, 0.3) is 0 Å². The molecule has 0 amide bonds. The average Bonchev–Trinajstić information content (AvgIpc) is 2.40. The van der Waals surface area contributed by atoms with Gasteiger partial charge in [-0.25, -0.2) is 4.57 Å². The fourth-order valence-corrected chi connectivity index (χ4v) is 2.01. The second kappa shape index (κ2) is 5.67. The molecule has 2 aromatic rings. The molecule has 0 atom stereocenters. The van der Waals surface area contributed by atoms with Crippen LogP contribution in [-0.2, 0) is 6.54 Å². The molecule has 0 N–H and O–H groups in total. The fraction of sp³-hybridized carbons (Fsp3) is 0.312. The standard InChI is InChI=1S/C16H21N2/c1-4-11-18-12-9-15(10-13-18)14-5-7-16(8-6-14)17(2)3/h5-10,12-13H,4,11H2,1-3H3/q+1. The van der Waals surface area contributed by atoms with Crippen LogP contribution < -0.4 is 9.47 Å². The topological polar surface area (TPSA) is 7.12 Å². The molecule has 0 bridgehead atoms. The van der Waals surface area contributed by atoms with E-state index < -0.39 is 0 Å². The summed E-state index contributed by atoms with van der Waals surface area (Å²) in [7, 11) is 4.12. The van der Waals surface area contributed by atoms with E-state index in [0.29, 0.717) is 0 Å². The first-order chi connectivity index (χ1) is 8.70. The van der Waals surface area contributed by atoms with Gasteiger partial charge in [-0.05, 0) is 23.3 Å². The molecular weight excluding hydrogens is 220 g/mol. The van der Waals surface area contributed by atoms with Gasteiger partial charge >= 0.3 is 0 Å². The summed E-state index contributed by atoms with van der Waals surface area (Å²) in [6.45, 7) is 3.28. The fourth-order valence-electron chi connectivity index (χ4n) is 2.01. The lowest BCUT2D eigenvalue weighted by Crippen LogP contribution is -2.31. The van der Waals surface area contributed by atoms with E-state index in [9.17, 15) is 0 Å². The van der Waals surface area contributed by atoms with Crippen molar-refractivity contribution >= 4 is 5.69 Å². The van der Waals surface area contributed by atoms with Crippen molar-refractivity contribution in [3.63, 3.8) is 0 Å². The molecule has 0 saturated carbocycles. The van der Waals surface area contributed by atoms with Crippen molar-refractivity contribution in [3.8, 4) is 11.1 Å². The van der Waals surface area contributed by atoms with Gasteiger partial charge in [0.2, 0.25) is 0 Å². The van der Waals surface area contributed by atoms with Gasteiger partial charge in [-0.1, -0.05) is 19.1 Å². The highest BCUT2D eigenvalue weighted by molar-refractivity contribution is 5.65. The predicted molar refractivity (Wildman–Crippen MR) is 76.7 cm³/mol.